The predicted molar refractivity (Wildman–Crippen MR) is 313 cm³/mol. The molecule has 0 aromatic carbocycles. The van der Waals surface area contributed by atoms with Crippen molar-refractivity contribution < 1.29 is 105 Å². The summed E-state index contributed by atoms with van der Waals surface area (Å²) in [4.78, 5) is 36.3. The molecule has 0 saturated heterocycles. The van der Waals surface area contributed by atoms with E-state index in [1.807, 2.05) is 6.92 Å². The summed E-state index contributed by atoms with van der Waals surface area (Å²) in [6, 6.07) is -1.09. The number of hydrogen-bond acceptors (Lipinski definition) is 21. The van der Waals surface area contributed by atoms with Crippen LogP contribution in [0.4, 0.5) is 0 Å². The molecule has 0 fully saturated rings. The third-order valence-corrected chi connectivity index (χ3v) is 11.9. The number of nitrogens with one attached hydrogen (secondary N) is 2. The Labute approximate surface area is 498 Å². The summed E-state index contributed by atoms with van der Waals surface area (Å²) < 4.78 is 98.6. The number of carbonyl (C=O) groups is 3. The molecule has 3 N–H and O–H groups in total. The van der Waals surface area contributed by atoms with Crippen LogP contribution >= 0.6 is 0 Å². The number of rotatable bonds is 74. The monoisotopic (exact) mass is 1200 g/mol. The molecule has 2 amide bonds. The van der Waals surface area contributed by atoms with E-state index in [-0.39, 0.29) is 31.2 Å². The molecular formula is C59H116N2O22. The van der Waals surface area contributed by atoms with E-state index >= 15 is 0 Å². The van der Waals surface area contributed by atoms with Gasteiger partial charge in [-0.15, -0.1) is 0 Å². The summed E-state index contributed by atoms with van der Waals surface area (Å²) in [7, 11) is 0. The number of unbranched alkanes of at least 4 members (excludes halogenated alkanes) is 12. The van der Waals surface area contributed by atoms with E-state index in [0.29, 0.717) is 244 Å². The molecule has 24 nitrogen and oxygen atoms in total. The maximum absolute atomic E-state index is 12.3. The van der Waals surface area contributed by atoms with Crippen molar-refractivity contribution in [1.82, 2.24) is 10.6 Å². The Morgan fingerprint density at radius 2 is 0.518 bits per heavy atom. The minimum atomic E-state index is -1.14. The molecule has 0 aliphatic heterocycles. The molecule has 0 saturated carbocycles. The summed E-state index contributed by atoms with van der Waals surface area (Å²) in [6.45, 7) is 21.8. The SMILES string of the molecule is CCCCCCCCCCCCCCCC(=O)N[C@@H](CCC(=O)NCCOCCOCCOCCOCCOCCOCCOCCOCCOCCOCCOCCOCCOCCOCCOCCOCCOCCOCC)C(=O)O. The van der Waals surface area contributed by atoms with Crippen LogP contribution < -0.4 is 10.6 Å². The molecule has 0 aromatic heterocycles. The lowest BCUT2D eigenvalue weighted by Crippen LogP contribution is -2.41. The van der Waals surface area contributed by atoms with E-state index in [2.05, 4.69) is 17.6 Å². The second-order valence-corrected chi connectivity index (χ2v) is 18.9. The molecule has 0 unspecified atom stereocenters. The first-order valence-corrected chi connectivity index (χ1v) is 31.2. The molecule has 1 atom stereocenters. The third-order valence-electron chi connectivity index (χ3n) is 11.9. The van der Waals surface area contributed by atoms with Crippen LogP contribution in [-0.4, -0.2) is 273 Å². The van der Waals surface area contributed by atoms with Crippen molar-refractivity contribution in [1.29, 1.82) is 0 Å². The maximum atomic E-state index is 12.3. The van der Waals surface area contributed by atoms with Gasteiger partial charge >= 0.3 is 5.97 Å². The van der Waals surface area contributed by atoms with Crippen molar-refractivity contribution in [3.63, 3.8) is 0 Å². The predicted octanol–water partition coefficient (Wildman–Crippen LogP) is 5.25. The molecule has 0 bridgehead atoms. The number of carboxylic acid groups (broad SMARTS) is 1. The summed E-state index contributed by atoms with van der Waals surface area (Å²) in [6.07, 6.45) is 16.1. The normalized spacial score (nSPS) is 11.9. The lowest BCUT2D eigenvalue weighted by atomic mass is 10.0. The molecule has 0 aliphatic rings. The molecule has 24 heteroatoms. The van der Waals surface area contributed by atoms with Gasteiger partial charge in [0.25, 0.3) is 0 Å². The highest BCUT2D eigenvalue weighted by Gasteiger charge is 2.21. The van der Waals surface area contributed by atoms with Crippen LogP contribution in [0.2, 0.25) is 0 Å². The average Bonchev–Trinajstić information content (AvgIpc) is 3.50. The number of hydrogen-bond donors (Lipinski definition) is 3. The maximum Gasteiger partial charge on any atom is 0.326 e. The van der Waals surface area contributed by atoms with Gasteiger partial charge in [-0.05, 0) is 19.8 Å². The second-order valence-electron chi connectivity index (χ2n) is 18.9. The first kappa shape index (κ1) is 80.7. The van der Waals surface area contributed by atoms with E-state index in [0.717, 1.165) is 19.3 Å². The molecule has 0 aromatic rings. The molecular weight excluding hydrogens is 1090 g/mol. The van der Waals surface area contributed by atoms with Gasteiger partial charge in [0.1, 0.15) is 6.04 Å². The smallest absolute Gasteiger partial charge is 0.326 e. The van der Waals surface area contributed by atoms with Crippen molar-refractivity contribution in [2.24, 2.45) is 0 Å². The number of carbonyl (C=O) groups excluding carboxylic acids is 2. The van der Waals surface area contributed by atoms with E-state index in [1.54, 1.807) is 0 Å². The van der Waals surface area contributed by atoms with Crippen molar-refractivity contribution in [2.75, 3.05) is 244 Å². The van der Waals surface area contributed by atoms with Crippen molar-refractivity contribution >= 4 is 17.8 Å². The Kier molecular flexibility index (Phi) is 70.2. The standard InChI is InChI=1S/C59H116N2O22/c1-3-5-6-7-8-9-10-11-12-13-14-15-16-17-58(63)61-56(59(64)65)18-19-57(62)60-20-21-67-24-25-69-28-29-71-32-33-73-36-37-75-40-41-77-44-45-79-48-49-81-52-53-83-55-54-82-51-50-80-47-46-78-43-42-76-39-38-74-35-34-72-31-30-70-27-26-68-23-22-66-4-2/h56H,3-55H2,1-2H3,(H,60,62)(H,61,63)(H,64,65)/t56-/m0/s1. The Hall–Kier alpha value is -2.31. The third kappa shape index (κ3) is 70.3. The first-order valence-electron chi connectivity index (χ1n) is 31.2. The van der Waals surface area contributed by atoms with Gasteiger partial charge in [-0.1, -0.05) is 84.0 Å². The van der Waals surface area contributed by atoms with Crippen LogP contribution in [-0.2, 0) is 99.6 Å². The Morgan fingerprint density at radius 1 is 0.289 bits per heavy atom. The minimum absolute atomic E-state index is 0.0111. The van der Waals surface area contributed by atoms with Gasteiger partial charge in [0, 0.05) is 26.0 Å². The summed E-state index contributed by atoms with van der Waals surface area (Å²) in [5, 5.41) is 14.8. The highest BCUT2D eigenvalue weighted by atomic mass is 16.6. The topological polar surface area (TPSA) is 262 Å². The van der Waals surface area contributed by atoms with Crippen LogP contribution in [0.15, 0.2) is 0 Å². The van der Waals surface area contributed by atoms with E-state index in [4.69, 9.17) is 85.3 Å². The lowest BCUT2D eigenvalue weighted by Gasteiger charge is -2.14. The zero-order chi connectivity index (χ0) is 59.9. The van der Waals surface area contributed by atoms with E-state index < -0.39 is 12.0 Å². The van der Waals surface area contributed by atoms with Crippen molar-refractivity contribution in [3.05, 3.63) is 0 Å². The molecule has 0 rings (SSSR count). The van der Waals surface area contributed by atoms with Gasteiger partial charge in [-0.25, -0.2) is 4.79 Å². The molecule has 494 valence electrons. The summed E-state index contributed by atoms with van der Waals surface area (Å²) in [5.41, 5.74) is 0. The molecule has 0 heterocycles. The number of amides is 2. The molecule has 0 aliphatic carbocycles. The van der Waals surface area contributed by atoms with Gasteiger partial charge < -0.3 is 101 Å². The second kappa shape index (κ2) is 72.2. The zero-order valence-corrected chi connectivity index (χ0v) is 51.6. The van der Waals surface area contributed by atoms with Gasteiger partial charge in [0.15, 0.2) is 0 Å². The first-order chi connectivity index (χ1) is 41.0. The molecule has 0 spiro atoms. The van der Waals surface area contributed by atoms with E-state index in [1.165, 1.54) is 64.2 Å². The lowest BCUT2D eigenvalue weighted by molar-refractivity contribution is -0.142. The van der Waals surface area contributed by atoms with Crippen molar-refractivity contribution in [2.45, 2.75) is 123 Å². The van der Waals surface area contributed by atoms with E-state index in [9.17, 15) is 19.5 Å². The van der Waals surface area contributed by atoms with Crippen LogP contribution in [0, 0.1) is 0 Å². The minimum Gasteiger partial charge on any atom is -0.480 e. The fourth-order valence-electron chi connectivity index (χ4n) is 7.34. The average molecular weight is 1210 g/mol. The zero-order valence-electron chi connectivity index (χ0n) is 51.6. The quantitative estimate of drug-likeness (QED) is 0.0657. The number of carboxylic acids is 1. The number of aliphatic carboxylic acids is 1. The Balaban J connectivity index is 3.28. The van der Waals surface area contributed by atoms with Gasteiger partial charge in [0.2, 0.25) is 11.8 Å². The largest absolute Gasteiger partial charge is 0.480 e. The molecule has 83 heavy (non-hydrogen) atoms. The highest BCUT2D eigenvalue weighted by molar-refractivity contribution is 5.84. The van der Waals surface area contributed by atoms with Crippen LogP contribution in [0.5, 0.6) is 0 Å². The number of ether oxygens (including phenoxy) is 18. The summed E-state index contributed by atoms with van der Waals surface area (Å²) in [5.74, 6) is -1.72. The van der Waals surface area contributed by atoms with Gasteiger partial charge in [-0.2, -0.15) is 0 Å². The summed E-state index contributed by atoms with van der Waals surface area (Å²) >= 11 is 0. The van der Waals surface area contributed by atoms with Crippen LogP contribution in [0.3, 0.4) is 0 Å². The van der Waals surface area contributed by atoms with Gasteiger partial charge in [0.05, 0.1) is 231 Å². The Bertz CT molecular complexity index is 1300. The highest BCUT2D eigenvalue weighted by Crippen LogP contribution is 2.13. The fraction of sp³-hybridized carbons (Fsp3) is 0.949. The van der Waals surface area contributed by atoms with Gasteiger partial charge in [-0.3, -0.25) is 9.59 Å². The van der Waals surface area contributed by atoms with Crippen molar-refractivity contribution in [3.8, 4) is 0 Å². The van der Waals surface area contributed by atoms with Crippen LogP contribution in [0.25, 0.3) is 0 Å². The van der Waals surface area contributed by atoms with Crippen LogP contribution in [0.1, 0.15) is 117 Å². The molecule has 0 radical (unpaired) electrons. The Morgan fingerprint density at radius 3 is 0.759 bits per heavy atom. The fourth-order valence-corrected chi connectivity index (χ4v) is 7.34.